The molecule has 0 atom stereocenters. The predicted octanol–water partition coefficient (Wildman–Crippen LogP) is 6.01. The summed E-state index contributed by atoms with van der Waals surface area (Å²) in [6.45, 7) is 7.07. The largest absolute Gasteiger partial charge is 0.506 e. The Morgan fingerprint density at radius 2 is 1.28 bits per heavy atom. The monoisotopic (exact) mass is 628 g/mol. The number of aryl methyl sites for hydroxylation is 1. The Morgan fingerprint density at radius 3 is 1.87 bits per heavy atom. The van der Waals surface area contributed by atoms with Crippen LogP contribution in [0.3, 0.4) is 0 Å². The Kier molecular flexibility index (Phi) is 8.87. The zero-order chi connectivity index (χ0) is 32.9. The molecule has 1 N–H and O–H groups in total. The molecule has 0 aliphatic rings. The second kappa shape index (κ2) is 13.5. The first-order valence-electron chi connectivity index (χ1n) is 15.1. The van der Waals surface area contributed by atoms with Gasteiger partial charge in [-0.2, -0.15) is 0 Å². The number of hydrogen-bond donors (Lipinski definition) is 1. The van der Waals surface area contributed by atoms with E-state index in [1.54, 1.807) is 26.0 Å². The van der Waals surface area contributed by atoms with Crippen LogP contribution in [0.2, 0.25) is 0 Å². The van der Waals surface area contributed by atoms with Gasteiger partial charge in [-0.15, -0.1) is 30.0 Å². The summed E-state index contributed by atoms with van der Waals surface area (Å²) in [5.41, 5.74) is 6.34. The molecule has 6 aromatic rings. The van der Waals surface area contributed by atoms with E-state index in [9.17, 15) is 14.7 Å². The van der Waals surface area contributed by atoms with Crippen molar-refractivity contribution in [3.8, 4) is 22.9 Å². The molecule has 0 radical (unpaired) electrons. The lowest BCUT2D eigenvalue weighted by Crippen LogP contribution is -2.13. The highest BCUT2D eigenvalue weighted by atomic mass is 16.5. The van der Waals surface area contributed by atoms with Crippen molar-refractivity contribution in [1.82, 2.24) is 30.0 Å². The second-order valence-electron chi connectivity index (χ2n) is 11.1. The smallest absolute Gasteiger partial charge is 0.338 e. The normalized spacial score (nSPS) is 11.6. The van der Waals surface area contributed by atoms with Gasteiger partial charge in [-0.25, -0.2) is 9.59 Å². The van der Waals surface area contributed by atoms with Crippen LogP contribution in [-0.4, -0.2) is 53.6 Å². The molecule has 0 spiro atoms. The lowest BCUT2D eigenvalue weighted by Gasteiger charge is -2.12. The quantitative estimate of drug-likeness (QED) is 0.104. The predicted molar refractivity (Wildman–Crippen MR) is 177 cm³/mol. The molecule has 4 aromatic carbocycles. The van der Waals surface area contributed by atoms with Crippen LogP contribution < -0.4 is 4.74 Å². The van der Waals surface area contributed by atoms with Crippen molar-refractivity contribution in [3.05, 3.63) is 120 Å². The van der Waals surface area contributed by atoms with Crippen molar-refractivity contribution in [1.29, 1.82) is 0 Å². The molecule has 0 aliphatic heterocycles. The van der Waals surface area contributed by atoms with Gasteiger partial charge >= 0.3 is 11.9 Å². The summed E-state index contributed by atoms with van der Waals surface area (Å²) in [4.78, 5) is 27.9. The molecule has 2 heterocycles. The van der Waals surface area contributed by atoms with E-state index in [-0.39, 0.29) is 18.1 Å². The van der Waals surface area contributed by atoms with Crippen molar-refractivity contribution < 1.29 is 24.2 Å². The maximum absolute atomic E-state index is 13.2. The number of hydrogen-bond acceptors (Lipinski definition) is 9. The lowest BCUT2D eigenvalue weighted by molar-refractivity contribution is -0.138. The molecule has 6 rings (SSSR count). The summed E-state index contributed by atoms with van der Waals surface area (Å²) in [6.07, 6.45) is 3.42. The number of phenolic OH excluding ortho intramolecular Hbond substituents is 1. The highest BCUT2D eigenvalue weighted by Crippen LogP contribution is 2.27. The Bertz CT molecular complexity index is 2100. The third-order valence-corrected chi connectivity index (χ3v) is 7.45. The molecular weight excluding hydrogens is 596 g/mol. The fourth-order valence-electron chi connectivity index (χ4n) is 4.88. The van der Waals surface area contributed by atoms with Gasteiger partial charge in [0.05, 0.1) is 6.61 Å². The van der Waals surface area contributed by atoms with Gasteiger partial charge in [-0.1, -0.05) is 49.1 Å². The maximum Gasteiger partial charge on any atom is 0.338 e. The first-order valence-corrected chi connectivity index (χ1v) is 15.1. The summed E-state index contributed by atoms with van der Waals surface area (Å²) in [5, 5.41) is 28.6. The van der Waals surface area contributed by atoms with Crippen molar-refractivity contribution in [3.63, 3.8) is 0 Å². The molecular formula is C36H32N6O5. The third kappa shape index (κ3) is 7.09. The molecule has 11 nitrogen and oxygen atoms in total. The van der Waals surface area contributed by atoms with E-state index in [0.29, 0.717) is 52.8 Å². The molecule has 0 unspecified atom stereocenters. The second-order valence-corrected chi connectivity index (χ2v) is 11.1. The Hall–Kier alpha value is -6.10. The molecule has 0 saturated heterocycles. The van der Waals surface area contributed by atoms with Crippen LogP contribution in [0, 0.1) is 0 Å². The number of aromatic hydroxyl groups is 1. The number of benzene rings is 4. The number of allylic oxidation sites excluding steroid dienone is 1. The first kappa shape index (κ1) is 30.9. The fraction of sp³-hybridized carbons (Fsp3) is 0.167. The minimum atomic E-state index is -0.509. The third-order valence-electron chi connectivity index (χ3n) is 7.45. The Balaban J connectivity index is 1.16. The molecule has 0 aliphatic carbocycles. The van der Waals surface area contributed by atoms with Crippen molar-refractivity contribution in [2.24, 2.45) is 0 Å². The molecule has 47 heavy (non-hydrogen) atoms. The molecule has 2 aromatic heterocycles. The van der Waals surface area contributed by atoms with E-state index in [0.717, 1.165) is 22.2 Å². The highest BCUT2D eigenvalue weighted by Gasteiger charge is 2.17. The van der Waals surface area contributed by atoms with Crippen LogP contribution >= 0.6 is 0 Å². The maximum atomic E-state index is 13.2. The summed E-state index contributed by atoms with van der Waals surface area (Å²) in [5.74, 6) is -0.607. The van der Waals surface area contributed by atoms with Crippen LogP contribution in [0.4, 0.5) is 0 Å². The summed E-state index contributed by atoms with van der Waals surface area (Å²) >= 11 is 0. The average molecular weight is 629 g/mol. The van der Waals surface area contributed by atoms with E-state index in [4.69, 9.17) is 9.47 Å². The van der Waals surface area contributed by atoms with Crippen LogP contribution in [0.25, 0.3) is 33.4 Å². The number of aromatic nitrogens is 6. The molecule has 0 fully saturated rings. The zero-order valence-electron chi connectivity index (χ0n) is 26.0. The standard InChI is InChI=1S/C36H32N6O5/c1-23(2)35(44)46-20-19-26-16-18-34(32(22-26)42-39-29-13-6-7-14-30(29)40-42)47-36(45)24(3)9-8-10-25-15-17-33(43)31(21-25)41-37-27-11-4-5-12-28(27)38-41/h4-7,9,11-18,21-22,43H,1,8,10,19-20H2,2-3H3. The SMILES string of the molecule is C=C(C)C(=O)OCCc1ccc(OC(=O)C(C)=CCCc2ccc(O)c(-n3nc4ccccc4n3)c2)c(-n2nc3ccccc3n2)c1. The topological polar surface area (TPSA) is 134 Å². The van der Waals surface area contributed by atoms with Crippen molar-refractivity contribution >= 4 is 34.0 Å². The number of fused-ring (bicyclic) bond motifs is 2. The average Bonchev–Trinajstić information content (AvgIpc) is 3.70. The Labute approximate surface area is 270 Å². The van der Waals surface area contributed by atoms with E-state index in [1.807, 2.05) is 78.9 Å². The number of phenols is 1. The first-order chi connectivity index (χ1) is 22.7. The van der Waals surface area contributed by atoms with Gasteiger partial charge in [0.2, 0.25) is 0 Å². The van der Waals surface area contributed by atoms with Crippen LogP contribution in [0.15, 0.2) is 109 Å². The van der Waals surface area contributed by atoms with Crippen molar-refractivity contribution in [2.75, 3.05) is 6.61 Å². The lowest BCUT2D eigenvalue weighted by atomic mass is 10.1. The summed E-state index contributed by atoms with van der Waals surface area (Å²) < 4.78 is 11.1. The molecule has 0 bridgehead atoms. The number of esters is 2. The van der Waals surface area contributed by atoms with Gasteiger partial charge in [0, 0.05) is 17.6 Å². The van der Waals surface area contributed by atoms with E-state index in [2.05, 4.69) is 27.0 Å². The van der Waals surface area contributed by atoms with E-state index < -0.39 is 11.9 Å². The minimum absolute atomic E-state index is 0.0682. The van der Waals surface area contributed by atoms with Gasteiger partial charge in [-0.05, 0) is 86.3 Å². The number of ether oxygens (including phenoxy) is 2. The zero-order valence-corrected chi connectivity index (χ0v) is 26.0. The minimum Gasteiger partial charge on any atom is -0.506 e. The Morgan fingerprint density at radius 1 is 0.745 bits per heavy atom. The highest BCUT2D eigenvalue weighted by molar-refractivity contribution is 5.90. The van der Waals surface area contributed by atoms with Crippen LogP contribution in [-0.2, 0) is 27.2 Å². The van der Waals surface area contributed by atoms with Crippen molar-refractivity contribution in [2.45, 2.75) is 33.1 Å². The van der Waals surface area contributed by atoms with E-state index >= 15 is 0 Å². The molecule has 11 heteroatoms. The fourth-order valence-corrected chi connectivity index (χ4v) is 4.88. The van der Waals surface area contributed by atoms with Gasteiger partial charge in [0.1, 0.15) is 39.2 Å². The number of carbonyl (C=O) groups excluding carboxylic acids is 2. The van der Waals surface area contributed by atoms with Crippen LogP contribution in [0.1, 0.15) is 31.4 Å². The van der Waals surface area contributed by atoms with Gasteiger partial charge in [0.15, 0.2) is 5.75 Å². The molecule has 0 amide bonds. The summed E-state index contributed by atoms with van der Waals surface area (Å²) in [7, 11) is 0. The van der Waals surface area contributed by atoms with Gasteiger partial charge in [0.25, 0.3) is 0 Å². The number of nitrogens with zero attached hydrogens (tertiary/aromatic N) is 6. The molecule has 236 valence electrons. The molecule has 0 saturated carbocycles. The van der Waals surface area contributed by atoms with E-state index in [1.165, 1.54) is 9.59 Å². The van der Waals surface area contributed by atoms with Crippen LogP contribution in [0.5, 0.6) is 11.5 Å². The van der Waals surface area contributed by atoms with Gasteiger partial charge < -0.3 is 14.6 Å². The summed E-state index contributed by atoms with van der Waals surface area (Å²) in [6, 6.07) is 25.5. The van der Waals surface area contributed by atoms with Gasteiger partial charge in [-0.3, -0.25) is 0 Å². The number of rotatable bonds is 11. The number of carbonyl (C=O) groups is 2.